The molecule has 0 aliphatic heterocycles. The Balaban J connectivity index is 1.78. The van der Waals surface area contributed by atoms with E-state index in [1.54, 1.807) is 30.6 Å². The number of rotatable bonds is 8. The van der Waals surface area contributed by atoms with E-state index in [-0.39, 0.29) is 18.2 Å². The molecule has 0 radical (unpaired) electrons. The first-order valence-electron chi connectivity index (χ1n) is 10.1. The number of nitrogens with two attached hydrogens (primary N) is 1. The first kappa shape index (κ1) is 23.0. The summed E-state index contributed by atoms with van der Waals surface area (Å²) in [6, 6.07) is 1.60. The van der Waals surface area contributed by atoms with Gasteiger partial charge in [-0.3, -0.25) is 14.9 Å². The largest absolute Gasteiger partial charge is 0.462 e. The molecule has 3 aromatic heterocycles. The van der Waals surface area contributed by atoms with Gasteiger partial charge in [0.1, 0.15) is 5.69 Å². The average Bonchev–Trinajstić information content (AvgIpc) is 3.45. The van der Waals surface area contributed by atoms with E-state index in [4.69, 9.17) is 10.5 Å². The van der Waals surface area contributed by atoms with Crippen LogP contribution in [0.2, 0.25) is 0 Å². The second-order valence-corrected chi connectivity index (χ2v) is 7.81. The molecule has 0 spiro atoms. The molecule has 0 aliphatic carbocycles. The van der Waals surface area contributed by atoms with Gasteiger partial charge in [0.15, 0.2) is 5.13 Å². The molecule has 168 valence electrons. The number of primary amides is 1. The Morgan fingerprint density at radius 1 is 1.28 bits per heavy atom. The van der Waals surface area contributed by atoms with Crippen molar-refractivity contribution in [2.45, 2.75) is 34.2 Å². The summed E-state index contributed by atoms with van der Waals surface area (Å²) in [6.45, 7) is 8.48. The molecule has 0 saturated heterocycles. The van der Waals surface area contributed by atoms with Crippen molar-refractivity contribution in [1.29, 1.82) is 0 Å². The lowest BCUT2D eigenvalue weighted by molar-refractivity contribution is -0.111. The summed E-state index contributed by atoms with van der Waals surface area (Å²) in [5.41, 5.74) is 9.63. The number of ether oxygens (including phenoxy) is 1. The minimum absolute atomic E-state index is 0.271. The van der Waals surface area contributed by atoms with Crippen molar-refractivity contribution in [3.05, 3.63) is 51.9 Å². The molecule has 0 bridgehead atoms. The Morgan fingerprint density at radius 3 is 2.66 bits per heavy atom. The van der Waals surface area contributed by atoms with E-state index in [1.807, 2.05) is 25.3 Å². The van der Waals surface area contributed by atoms with Crippen LogP contribution in [-0.4, -0.2) is 38.9 Å². The molecule has 0 unspecified atom stereocenters. The number of amides is 2. The smallest absolute Gasteiger partial charge is 0.340 e. The Kier molecular flexibility index (Phi) is 6.94. The molecule has 0 aliphatic rings. The topological polar surface area (TPSA) is 132 Å². The van der Waals surface area contributed by atoms with E-state index in [0.717, 1.165) is 11.4 Å². The summed E-state index contributed by atoms with van der Waals surface area (Å²) in [7, 11) is 0. The van der Waals surface area contributed by atoms with Crippen LogP contribution in [0.3, 0.4) is 0 Å². The van der Waals surface area contributed by atoms with Crippen LogP contribution >= 0.6 is 11.3 Å². The maximum atomic E-state index is 12.5. The average molecular weight is 456 g/mol. The summed E-state index contributed by atoms with van der Waals surface area (Å²) in [6.07, 6.45) is 4.62. The molecule has 3 rings (SSSR count). The number of aromatic nitrogens is 3. The number of hydrogen-bond donors (Lipinski definition) is 3. The third-order valence-electron chi connectivity index (χ3n) is 5.01. The van der Waals surface area contributed by atoms with Crippen molar-refractivity contribution in [2.75, 3.05) is 11.9 Å². The molecule has 9 nitrogen and oxygen atoms in total. The Labute approximate surface area is 189 Å². The maximum Gasteiger partial charge on any atom is 0.340 e. The van der Waals surface area contributed by atoms with E-state index in [0.29, 0.717) is 34.1 Å². The lowest BCUT2D eigenvalue weighted by Crippen LogP contribution is -2.10. The van der Waals surface area contributed by atoms with Gasteiger partial charge in [-0.25, -0.2) is 9.78 Å². The number of thiazole rings is 1. The third-order valence-corrected chi connectivity index (χ3v) is 5.76. The zero-order valence-electron chi connectivity index (χ0n) is 18.3. The van der Waals surface area contributed by atoms with Crippen LogP contribution in [0.25, 0.3) is 17.3 Å². The van der Waals surface area contributed by atoms with Gasteiger partial charge in [0.25, 0.3) is 5.91 Å². The molecule has 10 heteroatoms. The van der Waals surface area contributed by atoms with Crippen LogP contribution < -0.4 is 11.1 Å². The first-order chi connectivity index (χ1) is 15.3. The molecule has 0 aromatic carbocycles. The van der Waals surface area contributed by atoms with E-state index >= 15 is 0 Å². The molecule has 3 heterocycles. The van der Waals surface area contributed by atoms with Crippen LogP contribution in [0, 0.1) is 13.8 Å². The van der Waals surface area contributed by atoms with Crippen LogP contribution in [0.5, 0.6) is 0 Å². The van der Waals surface area contributed by atoms with E-state index in [1.165, 1.54) is 17.4 Å². The Bertz CT molecular complexity index is 1200. The van der Waals surface area contributed by atoms with Gasteiger partial charge in [-0.05, 0) is 39.8 Å². The van der Waals surface area contributed by atoms with Gasteiger partial charge in [-0.2, -0.15) is 0 Å². The van der Waals surface area contributed by atoms with Gasteiger partial charge in [-0.15, -0.1) is 11.3 Å². The summed E-state index contributed by atoms with van der Waals surface area (Å²) < 4.78 is 7.21. The highest BCUT2D eigenvalue weighted by atomic mass is 32.1. The highest BCUT2D eigenvalue weighted by Crippen LogP contribution is 2.27. The highest BCUT2D eigenvalue weighted by molar-refractivity contribution is 7.14. The van der Waals surface area contributed by atoms with Crippen LogP contribution in [0.15, 0.2) is 23.7 Å². The van der Waals surface area contributed by atoms with Crippen molar-refractivity contribution in [2.24, 2.45) is 5.73 Å². The van der Waals surface area contributed by atoms with Gasteiger partial charge in [0.05, 0.1) is 17.9 Å². The monoisotopic (exact) mass is 455 g/mol. The number of nitrogens with zero attached hydrogens (tertiary/aromatic N) is 2. The molecule has 4 N–H and O–H groups in total. The van der Waals surface area contributed by atoms with Crippen molar-refractivity contribution in [3.63, 3.8) is 0 Å². The number of carbonyl (C=O) groups is 3. The molecule has 0 atom stereocenters. The lowest BCUT2D eigenvalue weighted by atomic mass is 10.1. The lowest BCUT2D eigenvalue weighted by Gasteiger charge is -2.05. The molecule has 3 aromatic rings. The predicted octanol–water partition coefficient (Wildman–Crippen LogP) is 3.50. The minimum atomic E-state index is -0.560. The summed E-state index contributed by atoms with van der Waals surface area (Å²) >= 11 is 1.25. The molecule has 32 heavy (non-hydrogen) atoms. The Morgan fingerprint density at radius 2 is 2.03 bits per heavy atom. The highest BCUT2D eigenvalue weighted by Gasteiger charge is 2.22. The zero-order valence-corrected chi connectivity index (χ0v) is 19.1. The van der Waals surface area contributed by atoms with Crippen LogP contribution in [0.1, 0.15) is 51.6 Å². The second kappa shape index (κ2) is 9.65. The number of H-pyrrole nitrogens is 1. The number of hydrogen-bond acceptors (Lipinski definition) is 6. The summed E-state index contributed by atoms with van der Waals surface area (Å²) in [5.74, 6) is -1.35. The van der Waals surface area contributed by atoms with Crippen molar-refractivity contribution < 1.29 is 19.1 Å². The number of esters is 1. The normalized spacial score (nSPS) is 11.1. The quantitative estimate of drug-likeness (QED) is 0.353. The van der Waals surface area contributed by atoms with E-state index < -0.39 is 11.9 Å². The molecule has 2 amide bonds. The van der Waals surface area contributed by atoms with Crippen molar-refractivity contribution in [3.8, 4) is 11.3 Å². The van der Waals surface area contributed by atoms with Crippen LogP contribution in [-0.2, 0) is 16.1 Å². The van der Waals surface area contributed by atoms with Crippen molar-refractivity contribution in [1.82, 2.24) is 14.5 Å². The molecule has 0 fully saturated rings. The van der Waals surface area contributed by atoms with Gasteiger partial charge in [0.2, 0.25) is 5.91 Å². The van der Waals surface area contributed by atoms with Gasteiger partial charge in [-0.1, -0.05) is 0 Å². The maximum absolute atomic E-state index is 12.5. The first-order valence-corrected chi connectivity index (χ1v) is 10.9. The number of aromatic amines is 1. The number of nitrogens with one attached hydrogen (secondary N) is 2. The minimum Gasteiger partial charge on any atom is -0.462 e. The standard InChI is InChI=1S/C22H25N5O4S/c1-5-27-12(3)15(19(13(27)4)21(30)31-6-2)7-8-18(28)26-22-25-17(11-32-22)14-9-16(20(23)29)24-10-14/h7-11,24H,5-6H2,1-4H3,(H2,23,29)(H,25,26,28)/b8-7+. The molecule has 0 saturated carbocycles. The van der Waals surface area contributed by atoms with Gasteiger partial charge in [0, 0.05) is 46.7 Å². The fourth-order valence-corrected chi connectivity index (χ4v) is 4.22. The fraction of sp³-hybridized carbons (Fsp3) is 0.273. The van der Waals surface area contributed by atoms with Crippen molar-refractivity contribution >= 4 is 40.3 Å². The molecular formula is C22H25N5O4S. The number of anilines is 1. The molecular weight excluding hydrogens is 430 g/mol. The third kappa shape index (κ3) is 4.65. The second-order valence-electron chi connectivity index (χ2n) is 6.95. The SMILES string of the molecule is CCOC(=O)c1c(/C=C/C(=O)Nc2nc(-c3c[nH]c(C(N)=O)c3)cs2)c(C)n(CC)c1C. The summed E-state index contributed by atoms with van der Waals surface area (Å²) in [4.78, 5) is 43.3. The number of carbonyl (C=O) groups excluding carboxylic acids is 3. The predicted molar refractivity (Wildman–Crippen MR) is 124 cm³/mol. The Hall–Kier alpha value is -3.66. The summed E-state index contributed by atoms with van der Waals surface area (Å²) in [5, 5.41) is 4.89. The fourth-order valence-electron chi connectivity index (χ4n) is 3.50. The van der Waals surface area contributed by atoms with Gasteiger partial charge >= 0.3 is 5.97 Å². The van der Waals surface area contributed by atoms with E-state index in [9.17, 15) is 14.4 Å². The van der Waals surface area contributed by atoms with Gasteiger partial charge < -0.3 is 20.0 Å². The van der Waals surface area contributed by atoms with E-state index in [2.05, 4.69) is 15.3 Å². The van der Waals surface area contributed by atoms with Crippen LogP contribution in [0.4, 0.5) is 5.13 Å². The zero-order chi connectivity index (χ0) is 23.4.